The van der Waals surface area contributed by atoms with Crippen molar-refractivity contribution in [2.75, 3.05) is 6.54 Å². The standard InChI is InChI=1S/C15H24N4O.2ClH/c16-8-11-4-3-5-13(11)15(20)17-9-12-10-19-7-2-1-6-14(19)18-12;;/h10-11,13H,1-9,16H2,(H,17,20);2*1H/t11-,13-;;/m1../s1. The van der Waals surface area contributed by atoms with E-state index in [0.29, 0.717) is 19.0 Å². The maximum Gasteiger partial charge on any atom is 0.223 e. The second kappa shape index (κ2) is 8.75. The fraction of sp³-hybridized carbons (Fsp3) is 0.733. The summed E-state index contributed by atoms with van der Waals surface area (Å²) in [4.78, 5) is 16.8. The third kappa shape index (κ3) is 4.15. The first kappa shape index (κ1) is 19.3. The molecule has 1 amide bonds. The number of nitrogens with two attached hydrogens (primary N) is 1. The predicted octanol–water partition coefficient (Wildman–Crippen LogP) is 2.05. The molecule has 3 rings (SSSR count). The van der Waals surface area contributed by atoms with Crippen LogP contribution < -0.4 is 11.1 Å². The number of amides is 1. The van der Waals surface area contributed by atoms with Crippen molar-refractivity contribution >= 4 is 30.7 Å². The van der Waals surface area contributed by atoms with Crippen molar-refractivity contribution in [1.29, 1.82) is 0 Å². The Bertz CT molecular complexity index is 468. The Morgan fingerprint density at radius 3 is 2.86 bits per heavy atom. The molecule has 7 heteroatoms. The highest BCUT2D eigenvalue weighted by Crippen LogP contribution is 2.31. The van der Waals surface area contributed by atoms with Crippen molar-refractivity contribution in [1.82, 2.24) is 14.9 Å². The monoisotopic (exact) mass is 348 g/mol. The minimum absolute atomic E-state index is 0. The SMILES string of the molecule is Cl.Cl.NC[C@H]1CCC[C@H]1C(=O)NCc1cn2c(n1)CCCC2. The first-order valence-corrected chi connectivity index (χ1v) is 7.80. The molecule has 1 aliphatic carbocycles. The highest BCUT2D eigenvalue weighted by Gasteiger charge is 2.31. The molecular formula is C15H26Cl2N4O. The molecule has 22 heavy (non-hydrogen) atoms. The summed E-state index contributed by atoms with van der Waals surface area (Å²) in [5.41, 5.74) is 6.72. The van der Waals surface area contributed by atoms with Crippen molar-refractivity contribution < 1.29 is 4.79 Å². The topological polar surface area (TPSA) is 72.9 Å². The largest absolute Gasteiger partial charge is 0.350 e. The summed E-state index contributed by atoms with van der Waals surface area (Å²) >= 11 is 0. The van der Waals surface area contributed by atoms with Crippen molar-refractivity contribution in [2.24, 2.45) is 17.6 Å². The molecule has 1 aliphatic heterocycles. The number of rotatable bonds is 4. The average Bonchev–Trinajstić information content (AvgIpc) is 3.10. The van der Waals surface area contributed by atoms with Gasteiger partial charge < -0.3 is 15.6 Å². The fourth-order valence-corrected chi connectivity index (χ4v) is 3.53. The Kier molecular flexibility index (Phi) is 7.66. The summed E-state index contributed by atoms with van der Waals surface area (Å²) in [5.74, 6) is 1.80. The number of aryl methyl sites for hydroxylation is 2. The summed E-state index contributed by atoms with van der Waals surface area (Å²) < 4.78 is 2.23. The lowest BCUT2D eigenvalue weighted by molar-refractivity contribution is -0.126. The van der Waals surface area contributed by atoms with Crippen LogP contribution in [0, 0.1) is 11.8 Å². The van der Waals surface area contributed by atoms with E-state index >= 15 is 0 Å². The molecule has 1 aromatic rings. The first-order chi connectivity index (χ1) is 9.78. The number of carbonyl (C=O) groups excluding carboxylic acids is 1. The first-order valence-electron chi connectivity index (χ1n) is 7.80. The molecule has 0 unspecified atom stereocenters. The van der Waals surface area contributed by atoms with Gasteiger partial charge in [-0.15, -0.1) is 24.8 Å². The fourth-order valence-electron chi connectivity index (χ4n) is 3.53. The van der Waals surface area contributed by atoms with E-state index in [1.807, 2.05) is 0 Å². The molecule has 1 saturated carbocycles. The van der Waals surface area contributed by atoms with Gasteiger partial charge in [0.05, 0.1) is 12.2 Å². The van der Waals surface area contributed by atoms with Crippen LogP contribution in [0.4, 0.5) is 0 Å². The molecule has 2 heterocycles. The van der Waals surface area contributed by atoms with Crippen LogP contribution in [0.15, 0.2) is 6.20 Å². The zero-order valence-corrected chi connectivity index (χ0v) is 14.4. The summed E-state index contributed by atoms with van der Waals surface area (Å²) in [7, 11) is 0. The molecule has 126 valence electrons. The predicted molar refractivity (Wildman–Crippen MR) is 91.4 cm³/mol. The number of nitrogens with zero attached hydrogens (tertiary/aromatic N) is 2. The molecule has 3 N–H and O–H groups in total. The molecule has 0 spiro atoms. The Morgan fingerprint density at radius 2 is 2.14 bits per heavy atom. The van der Waals surface area contributed by atoms with Crippen LogP contribution in [-0.2, 0) is 24.3 Å². The van der Waals surface area contributed by atoms with Gasteiger partial charge in [-0.3, -0.25) is 4.79 Å². The normalized spacial score (nSPS) is 23.1. The lowest BCUT2D eigenvalue weighted by Crippen LogP contribution is -2.34. The quantitative estimate of drug-likeness (QED) is 0.874. The van der Waals surface area contributed by atoms with Crippen LogP contribution >= 0.6 is 24.8 Å². The number of hydrogen-bond donors (Lipinski definition) is 2. The molecule has 0 bridgehead atoms. The highest BCUT2D eigenvalue weighted by molar-refractivity contribution is 5.85. The Labute approximate surface area is 144 Å². The number of nitrogens with one attached hydrogen (secondary N) is 1. The van der Waals surface area contributed by atoms with Gasteiger partial charge in [0.1, 0.15) is 5.82 Å². The van der Waals surface area contributed by atoms with Crippen molar-refractivity contribution in [3.63, 3.8) is 0 Å². The molecule has 0 radical (unpaired) electrons. The van der Waals surface area contributed by atoms with E-state index in [0.717, 1.165) is 37.9 Å². The molecule has 1 aromatic heterocycles. The Hall–Kier alpha value is -0.780. The maximum absolute atomic E-state index is 12.2. The molecule has 2 atom stereocenters. The van der Waals surface area contributed by atoms with Crippen molar-refractivity contribution in [2.45, 2.75) is 51.6 Å². The van der Waals surface area contributed by atoms with Gasteiger partial charge in [-0.2, -0.15) is 0 Å². The number of hydrogen-bond acceptors (Lipinski definition) is 3. The summed E-state index contributed by atoms with van der Waals surface area (Å²) in [6, 6.07) is 0. The number of halogens is 2. The number of carbonyl (C=O) groups is 1. The number of aromatic nitrogens is 2. The van der Waals surface area contributed by atoms with E-state index in [1.165, 1.54) is 18.7 Å². The number of imidazole rings is 1. The van der Waals surface area contributed by atoms with Gasteiger partial charge >= 0.3 is 0 Å². The van der Waals surface area contributed by atoms with Gasteiger partial charge in [-0.05, 0) is 38.1 Å². The van der Waals surface area contributed by atoms with E-state index in [9.17, 15) is 4.79 Å². The van der Waals surface area contributed by atoms with Crippen LogP contribution in [0.1, 0.15) is 43.6 Å². The summed E-state index contributed by atoms with van der Waals surface area (Å²) in [6.45, 7) is 2.23. The van der Waals surface area contributed by atoms with Crippen molar-refractivity contribution in [3.8, 4) is 0 Å². The third-order valence-electron chi connectivity index (χ3n) is 4.70. The minimum atomic E-state index is 0. The highest BCUT2D eigenvalue weighted by atomic mass is 35.5. The van der Waals surface area contributed by atoms with E-state index in [4.69, 9.17) is 5.73 Å². The van der Waals surface area contributed by atoms with Gasteiger partial charge in [-0.1, -0.05) is 6.42 Å². The van der Waals surface area contributed by atoms with E-state index in [2.05, 4.69) is 21.1 Å². The summed E-state index contributed by atoms with van der Waals surface area (Å²) in [5, 5.41) is 3.04. The molecule has 0 aromatic carbocycles. The van der Waals surface area contributed by atoms with Gasteiger partial charge in [0.2, 0.25) is 5.91 Å². The third-order valence-corrected chi connectivity index (χ3v) is 4.70. The molecule has 1 fully saturated rings. The van der Waals surface area contributed by atoms with Gasteiger partial charge in [0, 0.05) is 25.1 Å². The van der Waals surface area contributed by atoms with Crippen molar-refractivity contribution in [3.05, 3.63) is 17.7 Å². The lowest BCUT2D eigenvalue weighted by Gasteiger charge is -2.16. The molecule has 0 saturated heterocycles. The maximum atomic E-state index is 12.2. The zero-order chi connectivity index (χ0) is 13.9. The van der Waals surface area contributed by atoms with Gasteiger partial charge in [-0.25, -0.2) is 4.98 Å². The lowest BCUT2D eigenvalue weighted by atomic mass is 9.95. The average molecular weight is 349 g/mol. The molecule has 2 aliphatic rings. The Morgan fingerprint density at radius 1 is 1.32 bits per heavy atom. The van der Waals surface area contributed by atoms with Gasteiger partial charge in [0.15, 0.2) is 0 Å². The zero-order valence-electron chi connectivity index (χ0n) is 12.8. The van der Waals surface area contributed by atoms with Gasteiger partial charge in [0.25, 0.3) is 0 Å². The van der Waals surface area contributed by atoms with E-state index < -0.39 is 0 Å². The Balaban J connectivity index is 0.00000121. The second-order valence-corrected chi connectivity index (χ2v) is 6.05. The van der Waals surface area contributed by atoms with E-state index in [1.54, 1.807) is 0 Å². The second-order valence-electron chi connectivity index (χ2n) is 6.05. The van der Waals surface area contributed by atoms with Crippen LogP contribution in [-0.4, -0.2) is 22.0 Å². The van der Waals surface area contributed by atoms with Crippen LogP contribution in [0.25, 0.3) is 0 Å². The molecule has 5 nitrogen and oxygen atoms in total. The molecular weight excluding hydrogens is 323 g/mol. The van der Waals surface area contributed by atoms with E-state index in [-0.39, 0.29) is 36.6 Å². The number of fused-ring (bicyclic) bond motifs is 1. The summed E-state index contributed by atoms with van der Waals surface area (Å²) in [6.07, 6.45) is 8.80. The van der Waals surface area contributed by atoms with Crippen LogP contribution in [0.2, 0.25) is 0 Å². The minimum Gasteiger partial charge on any atom is -0.350 e. The smallest absolute Gasteiger partial charge is 0.223 e. The van der Waals surface area contributed by atoms with Crippen LogP contribution in [0.5, 0.6) is 0 Å². The van der Waals surface area contributed by atoms with Crippen LogP contribution in [0.3, 0.4) is 0 Å².